The smallest absolute Gasteiger partial charge is 0.245 e. The van der Waals surface area contributed by atoms with Crippen molar-refractivity contribution >= 4 is 0 Å². The second kappa shape index (κ2) is 5.85. The Bertz CT molecular complexity index is 539. The third-order valence-corrected chi connectivity index (χ3v) is 2.43. The highest BCUT2D eigenvalue weighted by molar-refractivity contribution is 5.21. The molecule has 102 valence electrons. The lowest BCUT2D eigenvalue weighted by molar-refractivity contribution is 0.166. The number of ether oxygens (including phenoxy) is 1. The first-order valence-corrected chi connectivity index (χ1v) is 5.60. The summed E-state index contributed by atoms with van der Waals surface area (Å²) in [7, 11) is 1.51. The van der Waals surface area contributed by atoms with Crippen LogP contribution in [0.1, 0.15) is 23.3 Å². The molecule has 2 rings (SSSR count). The number of rotatable bonds is 5. The van der Waals surface area contributed by atoms with Gasteiger partial charge < -0.3 is 15.0 Å². The van der Waals surface area contributed by atoms with E-state index >= 15 is 0 Å². The molecule has 0 saturated heterocycles. The van der Waals surface area contributed by atoms with Crippen LogP contribution < -0.4 is 5.73 Å². The van der Waals surface area contributed by atoms with Crippen LogP contribution in [0.2, 0.25) is 0 Å². The summed E-state index contributed by atoms with van der Waals surface area (Å²) >= 11 is 0. The van der Waals surface area contributed by atoms with Gasteiger partial charge in [0.05, 0.1) is 6.61 Å². The molecule has 0 aliphatic carbocycles. The zero-order chi connectivity index (χ0) is 13.8. The Morgan fingerprint density at radius 1 is 1.32 bits per heavy atom. The molecule has 0 aliphatic heterocycles. The first kappa shape index (κ1) is 13.6. The summed E-state index contributed by atoms with van der Waals surface area (Å²) < 4.78 is 35.9. The van der Waals surface area contributed by atoms with Crippen molar-refractivity contribution in [2.75, 3.05) is 13.7 Å². The van der Waals surface area contributed by atoms with Gasteiger partial charge in [-0.1, -0.05) is 5.16 Å². The van der Waals surface area contributed by atoms with Crippen LogP contribution in [0, 0.1) is 11.6 Å². The van der Waals surface area contributed by atoms with Gasteiger partial charge in [-0.15, -0.1) is 0 Å². The predicted octanol–water partition coefficient (Wildman–Crippen LogP) is 1.58. The standard InChI is InChI=1S/C12H13F2N3O2/c1-18-6-10(15)12-16-11(17-19-12)4-7-2-8(13)5-9(14)3-7/h2-3,5,10H,4,6,15H2,1H3. The summed E-state index contributed by atoms with van der Waals surface area (Å²) in [6.45, 7) is 0.246. The van der Waals surface area contributed by atoms with Crippen LogP contribution in [0.5, 0.6) is 0 Å². The maximum atomic E-state index is 13.0. The van der Waals surface area contributed by atoms with E-state index in [4.69, 9.17) is 15.0 Å². The molecule has 0 spiro atoms. The average Bonchev–Trinajstić information content (AvgIpc) is 2.76. The topological polar surface area (TPSA) is 74.2 Å². The van der Waals surface area contributed by atoms with Crippen molar-refractivity contribution in [2.45, 2.75) is 12.5 Å². The van der Waals surface area contributed by atoms with Crippen LogP contribution in [0.3, 0.4) is 0 Å². The lowest BCUT2D eigenvalue weighted by Crippen LogP contribution is -2.16. The molecule has 5 nitrogen and oxygen atoms in total. The summed E-state index contributed by atoms with van der Waals surface area (Å²) in [4.78, 5) is 4.06. The molecule has 0 amide bonds. The molecule has 0 saturated carbocycles. The summed E-state index contributed by atoms with van der Waals surface area (Å²) in [5.41, 5.74) is 6.14. The Morgan fingerprint density at radius 2 is 2.00 bits per heavy atom. The van der Waals surface area contributed by atoms with Gasteiger partial charge in [-0.05, 0) is 17.7 Å². The minimum atomic E-state index is -0.644. The number of benzene rings is 1. The van der Waals surface area contributed by atoms with Gasteiger partial charge in [0.1, 0.15) is 17.7 Å². The average molecular weight is 269 g/mol. The highest BCUT2D eigenvalue weighted by atomic mass is 19.1. The normalized spacial score (nSPS) is 12.6. The van der Waals surface area contributed by atoms with Gasteiger partial charge in [-0.2, -0.15) is 4.98 Å². The highest BCUT2D eigenvalue weighted by Crippen LogP contribution is 2.13. The van der Waals surface area contributed by atoms with Gasteiger partial charge in [0, 0.05) is 19.6 Å². The molecule has 2 N–H and O–H groups in total. The number of hydrogen-bond acceptors (Lipinski definition) is 5. The van der Waals surface area contributed by atoms with Crippen LogP contribution >= 0.6 is 0 Å². The minimum absolute atomic E-state index is 0.165. The third-order valence-electron chi connectivity index (χ3n) is 2.43. The molecule has 0 radical (unpaired) electrons. The van der Waals surface area contributed by atoms with Gasteiger partial charge in [-0.25, -0.2) is 8.78 Å². The third kappa shape index (κ3) is 3.55. The second-order valence-corrected chi connectivity index (χ2v) is 4.07. The zero-order valence-electron chi connectivity index (χ0n) is 10.3. The van der Waals surface area contributed by atoms with Crippen molar-refractivity contribution < 1.29 is 18.0 Å². The molecule has 1 aromatic heterocycles. The SMILES string of the molecule is COCC(N)c1nc(Cc2cc(F)cc(F)c2)no1. The lowest BCUT2D eigenvalue weighted by Gasteiger charge is -2.02. The van der Waals surface area contributed by atoms with E-state index in [9.17, 15) is 8.78 Å². The first-order valence-electron chi connectivity index (χ1n) is 5.60. The van der Waals surface area contributed by atoms with Crippen LogP contribution in [-0.2, 0) is 11.2 Å². The highest BCUT2D eigenvalue weighted by Gasteiger charge is 2.15. The Labute approximate surface area is 108 Å². The quantitative estimate of drug-likeness (QED) is 0.892. The molecule has 0 bridgehead atoms. The molecule has 7 heteroatoms. The molecule has 1 heterocycles. The van der Waals surface area contributed by atoms with Crippen molar-refractivity contribution in [3.63, 3.8) is 0 Å². The summed E-state index contributed by atoms with van der Waals surface area (Å²) in [5.74, 6) is -0.745. The monoisotopic (exact) mass is 269 g/mol. The van der Waals surface area contributed by atoms with Crippen LogP contribution in [0.25, 0.3) is 0 Å². The fourth-order valence-electron chi connectivity index (χ4n) is 1.64. The second-order valence-electron chi connectivity index (χ2n) is 4.07. The van der Waals surface area contributed by atoms with E-state index in [1.165, 1.54) is 19.2 Å². The number of halogens is 2. The molecular weight excluding hydrogens is 256 g/mol. The molecular formula is C12H13F2N3O2. The van der Waals surface area contributed by atoms with E-state index < -0.39 is 17.7 Å². The van der Waals surface area contributed by atoms with Crippen molar-refractivity contribution in [1.29, 1.82) is 0 Å². The number of aromatic nitrogens is 2. The number of nitrogens with zero attached hydrogens (tertiary/aromatic N) is 2. The van der Waals surface area contributed by atoms with E-state index in [0.29, 0.717) is 11.4 Å². The Kier molecular flexibility index (Phi) is 4.18. The van der Waals surface area contributed by atoms with Crippen molar-refractivity contribution in [1.82, 2.24) is 10.1 Å². The van der Waals surface area contributed by atoms with Crippen molar-refractivity contribution in [3.8, 4) is 0 Å². The molecule has 1 unspecified atom stereocenters. The number of hydrogen-bond donors (Lipinski definition) is 1. The molecule has 0 fully saturated rings. The van der Waals surface area contributed by atoms with Gasteiger partial charge >= 0.3 is 0 Å². The fraction of sp³-hybridized carbons (Fsp3) is 0.333. The lowest BCUT2D eigenvalue weighted by atomic mass is 10.1. The molecule has 1 atom stereocenters. The van der Waals surface area contributed by atoms with Crippen molar-refractivity contribution in [3.05, 3.63) is 47.1 Å². The van der Waals surface area contributed by atoms with E-state index in [2.05, 4.69) is 10.1 Å². The van der Waals surface area contributed by atoms with E-state index in [-0.39, 0.29) is 18.9 Å². The van der Waals surface area contributed by atoms with Crippen molar-refractivity contribution in [2.24, 2.45) is 5.73 Å². The van der Waals surface area contributed by atoms with E-state index in [0.717, 1.165) is 6.07 Å². The summed E-state index contributed by atoms with van der Waals surface area (Å²) in [6, 6.07) is 2.72. The molecule has 2 aromatic rings. The predicted molar refractivity (Wildman–Crippen MR) is 62.3 cm³/mol. The van der Waals surface area contributed by atoms with Crippen LogP contribution in [-0.4, -0.2) is 23.9 Å². The van der Waals surface area contributed by atoms with Gasteiger partial charge in [0.2, 0.25) is 5.89 Å². The largest absolute Gasteiger partial charge is 0.383 e. The van der Waals surface area contributed by atoms with E-state index in [1.807, 2.05) is 0 Å². The number of nitrogens with two attached hydrogens (primary N) is 1. The molecule has 19 heavy (non-hydrogen) atoms. The van der Waals surface area contributed by atoms with Gasteiger partial charge in [0.25, 0.3) is 0 Å². The Morgan fingerprint density at radius 3 is 2.63 bits per heavy atom. The maximum Gasteiger partial charge on any atom is 0.245 e. The van der Waals surface area contributed by atoms with E-state index in [1.54, 1.807) is 0 Å². The van der Waals surface area contributed by atoms with Crippen LogP contribution in [0.15, 0.2) is 22.7 Å². The number of methoxy groups -OCH3 is 1. The minimum Gasteiger partial charge on any atom is -0.383 e. The fourth-order valence-corrected chi connectivity index (χ4v) is 1.64. The van der Waals surface area contributed by atoms with Gasteiger partial charge in [-0.3, -0.25) is 0 Å². The molecule has 0 aliphatic rings. The Hall–Kier alpha value is -1.86. The maximum absolute atomic E-state index is 13.0. The summed E-state index contributed by atoms with van der Waals surface area (Å²) in [6.07, 6.45) is 0.165. The summed E-state index contributed by atoms with van der Waals surface area (Å²) in [5, 5.41) is 3.71. The Balaban J connectivity index is 2.11. The first-order chi connectivity index (χ1) is 9.08. The van der Waals surface area contributed by atoms with Crippen LogP contribution in [0.4, 0.5) is 8.78 Å². The molecule has 1 aromatic carbocycles. The zero-order valence-corrected chi connectivity index (χ0v) is 10.3. The van der Waals surface area contributed by atoms with Gasteiger partial charge in [0.15, 0.2) is 5.82 Å².